The van der Waals surface area contributed by atoms with Gasteiger partial charge in [0.15, 0.2) is 0 Å². The number of hydrogen-bond acceptors (Lipinski definition) is 2. The maximum atomic E-state index is 13.1. The molecule has 2 fully saturated rings. The van der Waals surface area contributed by atoms with Crippen LogP contribution >= 0.6 is 0 Å². The van der Waals surface area contributed by atoms with Crippen molar-refractivity contribution in [1.29, 1.82) is 0 Å². The Hall–Kier alpha value is -0.970. The van der Waals surface area contributed by atoms with Crippen molar-refractivity contribution in [3.63, 3.8) is 0 Å². The van der Waals surface area contributed by atoms with Crippen molar-refractivity contribution in [3.05, 3.63) is 18.0 Å². The Bertz CT molecular complexity index is 404. The number of ether oxygens (including phenoxy) is 1. The van der Waals surface area contributed by atoms with Gasteiger partial charge in [-0.15, -0.1) is 0 Å². The molecule has 1 aromatic rings. The Morgan fingerprint density at radius 2 is 2.33 bits per heavy atom. The summed E-state index contributed by atoms with van der Waals surface area (Å²) < 4.78 is 33.4. The van der Waals surface area contributed by atoms with Crippen LogP contribution in [0.1, 0.15) is 25.0 Å². The van der Waals surface area contributed by atoms with E-state index in [9.17, 15) is 8.78 Å². The van der Waals surface area contributed by atoms with Gasteiger partial charge in [-0.25, -0.2) is 8.78 Å². The summed E-state index contributed by atoms with van der Waals surface area (Å²) in [5.74, 6) is -2.55. The first-order valence-electron chi connectivity index (χ1n) is 5.08. The molecule has 1 aliphatic carbocycles. The highest BCUT2D eigenvalue weighted by Gasteiger charge is 2.65. The van der Waals surface area contributed by atoms with Crippen molar-refractivity contribution in [2.45, 2.75) is 36.9 Å². The molecule has 82 valence electrons. The zero-order valence-electron chi connectivity index (χ0n) is 8.41. The van der Waals surface area contributed by atoms with Crippen LogP contribution in [0, 0.1) is 0 Å². The summed E-state index contributed by atoms with van der Waals surface area (Å²) >= 11 is 0. The van der Waals surface area contributed by atoms with E-state index in [1.807, 2.05) is 13.1 Å². The van der Waals surface area contributed by atoms with E-state index in [4.69, 9.17) is 4.74 Å². The van der Waals surface area contributed by atoms with Gasteiger partial charge in [0.25, 0.3) is 5.92 Å². The number of hydrogen-bond donors (Lipinski definition) is 0. The molecule has 1 saturated heterocycles. The van der Waals surface area contributed by atoms with Crippen LogP contribution in [0.4, 0.5) is 8.78 Å². The Morgan fingerprint density at radius 1 is 1.53 bits per heavy atom. The molecule has 5 heteroatoms. The Balaban J connectivity index is 1.89. The SMILES string of the molecule is Cn1nccc1C12CCC(F)(F)CC1O2. The fourth-order valence-electron chi connectivity index (χ4n) is 2.53. The molecule has 0 radical (unpaired) electrons. The number of halogens is 2. The summed E-state index contributed by atoms with van der Waals surface area (Å²) in [5.41, 5.74) is 0.454. The van der Waals surface area contributed by atoms with Gasteiger partial charge in [0.05, 0.1) is 11.8 Å². The van der Waals surface area contributed by atoms with Crippen molar-refractivity contribution in [1.82, 2.24) is 9.78 Å². The summed E-state index contributed by atoms with van der Waals surface area (Å²) in [6, 6.07) is 1.85. The number of alkyl halides is 2. The van der Waals surface area contributed by atoms with Crippen LogP contribution in [0.25, 0.3) is 0 Å². The lowest BCUT2D eigenvalue weighted by atomic mass is 9.84. The molecule has 3 rings (SSSR count). The second kappa shape index (κ2) is 2.58. The molecule has 2 atom stereocenters. The highest BCUT2D eigenvalue weighted by molar-refractivity contribution is 5.24. The van der Waals surface area contributed by atoms with E-state index in [0.29, 0.717) is 6.42 Å². The third-order valence-corrected chi connectivity index (χ3v) is 3.42. The van der Waals surface area contributed by atoms with Crippen molar-refractivity contribution in [2.24, 2.45) is 7.05 Å². The normalized spacial score (nSPS) is 37.4. The fourth-order valence-corrected chi connectivity index (χ4v) is 2.53. The molecular formula is C10H12F2N2O. The lowest BCUT2D eigenvalue weighted by molar-refractivity contribution is -0.0332. The number of aryl methyl sites for hydroxylation is 1. The average molecular weight is 214 g/mol. The van der Waals surface area contributed by atoms with E-state index >= 15 is 0 Å². The molecule has 0 spiro atoms. The van der Waals surface area contributed by atoms with Crippen LogP contribution in [-0.4, -0.2) is 21.8 Å². The molecule has 2 heterocycles. The van der Waals surface area contributed by atoms with Gasteiger partial charge in [-0.2, -0.15) is 5.10 Å². The van der Waals surface area contributed by atoms with E-state index in [1.54, 1.807) is 10.9 Å². The van der Waals surface area contributed by atoms with E-state index in [1.165, 1.54) is 0 Å². The van der Waals surface area contributed by atoms with Crippen molar-refractivity contribution in [2.75, 3.05) is 0 Å². The monoisotopic (exact) mass is 214 g/mol. The van der Waals surface area contributed by atoms with Crippen LogP contribution in [-0.2, 0) is 17.4 Å². The first kappa shape index (κ1) is 9.27. The summed E-state index contributed by atoms with van der Waals surface area (Å²) in [4.78, 5) is 0. The molecule has 3 nitrogen and oxygen atoms in total. The Labute approximate surface area is 86.0 Å². The zero-order chi connectivity index (χ0) is 10.7. The summed E-state index contributed by atoms with van der Waals surface area (Å²) in [5, 5.41) is 4.05. The number of aromatic nitrogens is 2. The smallest absolute Gasteiger partial charge is 0.250 e. The first-order chi connectivity index (χ1) is 7.04. The largest absolute Gasteiger partial charge is 0.359 e. The Morgan fingerprint density at radius 3 is 2.93 bits per heavy atom. The van der Waals surface area contributed by atoms with Gasteiger partial charge >= 0.3 is 0 Å². The second-order valence-corrected chi connectivity index (χ2v) is 4.40. The second-order valence-electron chi connectivity index (χ2n) is 4.40. The van der Waals surface area contributed by atoms with Crippen LogP contribution in [0.3, 0.4) is 0 Å². The molecular weight excluding hydrogens is 202 g/mol. The topological polar surface area (TPSA) is 30.4 Å². The number of epoxide rings is 1. The van der Waals surface area contributed by atoms with E-state index in [2.05, 4.69) is 5.10 Å². The minimum atomic E-state index is -2.55. The number of rotatable bonds is 1. The van der Waals surface area contributed by atoms with Crippen LogP contribution in [0.2, 0.25) is 0 Å². The molecule has 15 heavy (non-hydrogen) atoms. The molecule has 1 aliphatic heterocycles. The minimum Gasteiger partial charge on any atom is -0.359 e. The summed E-state index contributed by atoms with van der Waals surface area (Å²) in [6.45, 7) is 0. The van der Waals surface area contributed by atoms with Crippen molar-refractivity contribution in [3.8, 4) is 0 Å². The highest BCUT2D eigenvalue weighted by Crippen LogP contribution is 2.58. The molecule has 2 aliphatic rings. The zero-order valence-corrected chi connectivity index (χ0v) is 8.41. The highest BCUT2D eigenvalue weighted by atomic mass is 19.3. The lowest BCUT2D eigenvalue weighted by Gasteiger charge is -2.24. The fraction of sp³-hybridized carbons (Fsp3) is 0.700. The van der Waals surface area contributed by atoms with Gasteiger partial charge in [0.2, 0.25) is 0 Å². The standard InChI is InChI=1S/C10H12F2N2O/c1-14-7(2-5-13-14)10-4-3-9(11,12)6-8(10)15-10/h2,5,8H,3-4,6H2,1H3. The van der Waals surface area contributed by atoms with E-state index in [-0.39, 0.29) is 18.9 Å². The third-order valence-electron chi connectivity index (χ3n) is 3.42. The maximum Gasteiger partial charge on any atom is 0.250 e. The van der Waals surface area contributed by atoms with Gasteiger partial charge in [-0.05, 0) is 12.5 Å². The molecule has 1 saturated carbocycles. The maximum absolute atomic E-state index is 13.1. The third kappa shape index (κ3) is 1.22. The average Bonchev–Trinajstić information content (AvgIpc) is 2.68. The van der Waals surface area contributed by atoms with Gasteiger partial charge < -0.3 is 4.74 Å². The van der Waals surface area contributed by atoms with Crippen molar-refractivity contribution >= 4 is 0 Å². The van der Waals surface area contributed by atoms with E-state index < -0.39 is 11.5 Å². The predicted molar refractivity (Wildman–Crippen MR) is 48.6 cm³/mol. The Kier molecular flexibility index (Phi) is 1.60. The quantitative estimate of drug-likeness (QED) is 0.668. The molecule has 0 N–H and O–H groups in total. The van der Waals surface area contributed by atoms with Crippen LogP contribution in [0.15, 0.2) is 12.3 Å². The van der Waals surface area contributed by atoms with Gasteiger partial charge in [-0.1, -0.05) is 0 Å². The number of fused-ring (bicyclic) bond motifs is 1. The summed E-state index contributed by atoms with van der Waals surface area (Å²) in [6.07, 6.45) is 1.50. The molecule has 1 aromatic heterocycles. The van der Waals surface area contributed by atoms with Crippen molar-refractivity contribution < 1.29 is 13.5 Å². The predicted octanol–water partition coefficient (Wildman–Crippen LogP) is 1.83. The molecule has 0 amide bonds. The lowest BCUT2D eigenvalue weighted by Crippen LogP contribution is -2.31. The van der Waals surface area contributed by atoms with Gasteiger partial charge in [0.1, 0.15) is 5.60 Å². The summed E-state index contributed by atoms with van der Waals surface area (Å²) in [7, 11) is 1.82. The molecule has 0 bridgehead atoms. The number of nitrogens with zero attached hydrogens (tertiary/aromatic N) is 2. The van der Waals surface area contributed by atoms with Crippen LogP contribution < -0.4 is 0 Å². The minimum absolute atomic E-state index is 0.0886. The first-order valence-corrected chi connectivity index (χ1v) is 5.08. The van der Waals surface area contributed by atoms with Gasteiger partial charge in [-0.3, -0.25) is 4.68 Å². The molecule has 0 aromatic carbocycles. The van der Waals surface area contributed by atoms with Crippen LogP contribution in [0.5, 0.6) is 0 Å². The van der Waals surface area contributed by atoms with Gasteiger partial charge in [0, 0.05) is 26.1 Å². The molecule has 2 unspecified atom stereocenters. The van der Waals surface area contributed by atoms with E-state index in [0.717, 1.165) is 5.69 Å².